The highest BCUT2D eigenvalue weighted by Crippen LogP contribution is 2.52. The Balaban J connectivity index is 2.17. The van der Waals surface area contributed by atoms with Crippen LogP contribution in [-0.4, -0.2) is 10.7 Å². The Morgan fingerprint density at radius 3 is 2.64 bits per heavy atom. The quantitative estimate of drug-likeness (QED) is 0.568. The molecule has 0 saturated heterocycles. The fourth-order valence-electron chi connectivity index (χ4n) is 2.97. The van der Waals surface area contributed by atoms with Gasteiger partial charge in [-0.25, -0.2) is 0 Å². The van der Waals surface area contributed by atoms with Crippen molar-refractivity contribution in [1.29, 1.82) is 0 Å². The van der Waals surface area contributed by atoms with E-state index in [-0.39, 0.29) is 5.54 Å². The van der Waals surface area contributed by atoms with E-state index in [1.165, 1.54) is 38.5 Å². The topological polar surface area (TPSA) is 32.3 Å². The molecule has 2 aliphatic rings. The molecule has 2 rings (SSSR count). The second-order valence-corrected chi connectivity index (χ2v) is 4.73. The van der Waals surface area contributed by atoms with Crippen molar-refractivity contribution in [2.45, 2.75) is 51.0 Å². The molecule has 2 unspecified atom stereocenters. The Morgan fingerprint density at radius 2 is 2.00 bits per heavy atom. The summed E-state index contributed by atoms with van der Waals surface area (Å²) in [6.07, 6.45) is 7.44. The SMILES string of the molecule is CC12CCCC(NO)(CC1)C2. The third-order valence-electron chi connectivity index (χ3n) is 3.65. The summed E-state index contributed by atoms with van der Waals surface area (Å²) in [5.41, 5.74) is 3.17. The Bertz CT molecular complexity index is 171. The molecule has 0 spiro atoms. The standard InChI is InChI=1S/C9H17NO/c1-8-3-2-4-9(7-8,10-11)6-5-8/h10-11H,2-7H2,1H3. The molecule has 2 aliphatic carbocycles. The molecule has 2 nitrogen and oxygen atoms in total. The highest BCUT2D eigenvalue weighted by atomic mass is 16.5. The normalized spacial score (nSPS) is 49.6. The van der Waals surface area contributed by atoms with E-state index < -0.39 is 0 Å². The lowest BCUT2D eigenvalue weighted by Gasteiger charge is -2.36. The Morgan fingerprint density at radius 1 is 1.18 bits per heavy atom. The van der Waals surface area contributed by atoms with Gasteiger partial charge in [0.05, 0.1) is 0 Å². The third-order valence-corrected chi connectivity index (χ3v) is 3.65. The fraction of sp³-hybridized carbons (Fsp3) is 1.00. The molecule has 0 heterocycles. The zero-order chi connectivity index (χ0) is 7.95. The maximum Gasteiger partial charge on any atom is 0.0435 e. The zero-order valence-corrected chi connectivity index (χ0v) is 7.19. The molecule has 64 valence electrons. The van der Waals surface area contributed by atoms with Gasteiger partial charge in [0.1, 0.15) is 0 Å². The van der Waals surface area contributed by atoms with Crippen molar-refractivity contribution in [3.8, 4) is 0 Å². The van der Waals surface area contributed by atoms with E-state index in [9.17, 15) is 0 Å². The minimum Gasteiger partial charge on any atom is -0.316 e. The number of rotatable bonds is 1. The summed E-state index contributed by atoms with van der Waals surface area (Å²) in [7, 11) is 0. The fourth-order valence-corrected chi connectivity index (χ4v) is 2.97. The molecule has 0 aromatic carbocycles. The molecule has 0 aromatic heterocycles. The van der Waals surface area contributed by atoms with Crippen LogP contribution < -0.4 is 5.48 Å². The van der Waals surface area contributed by atoms with Crippen molar-refractivity contribution in [3.63, 3.8) is 0 Å². The second kappa shape index (κ2) is 2.20. The Labute approximate surface area is 67.9 Å². The van der Waals surface area contributed by atoms with Crippen molar-refractivity contribution in [2.24, 2.45) is 5.41 Å². The first-order valence-electron chi connectivity index (χ1n) is 4.59. The molecular formula is C9H17NO. The van der Waals surface area contributed by atoms with E-state index in [1.807, 2.05) is 0 Å². The first kappa shape index (κ1) is 7.56. The van der Waals surface area contributed by atoms with Gasteiger partial charge in [-0.1, -0.05) is 13.3 Å². The van der Waals surface area contributed by atoms with E-state index in [0.717, 1.165) is 0 Å². The molecule has 0 amide bonds. The molecule has 0 radical (unpaired) electrons. The lowest BCUT2D eigenvalue weighted by Crippen LogP contribution is -2.43. The van der Waals surface area contributed by atoms with Crippen LogP contribution in [0.25, 0.3) is 0 Å². The van der Waals surface area contributed by atoms with Crippen LogP contribution >= 0.6 is 0 Å². The average Bonchev–Trinajstić information content (AvgIpc) is 2.24. The van der Waals surface area contributed by atoms with Crippen LogP contribution in [0.3, 0.4) is 0 Å². The second-order valence-electron chi connectivity index (χ2n) is 4.73. The van der Waals surface area contributed by atoms with E-state index in [2.05, 4.69) is 12.4 Å². The van der Waals surface area contributed by atoms with E-state index in [1.54, 1.807) is 0 Å². The van der Waals surface area contributed by atoms with Crippen LogP contribution in [-0.2, 0) is 0 Å². The molecule has 2 atom stereocenters. The number of fused-ring (bicyclic) bond motifs is 2. The molecule has 2 heteroatoms. The summed E-state index contributed by atoms with van der Waals surface area (Å²) < 4.78 is 0. The molecule has 2 fully saturated rings. The van der Waals surface area contributed by atoms with Crippen LogP contribution in [0.5, 0.6) is 0 Å². The summed E-state index contributed by atoms with van der Waals surface area (Å²) >= 11 is 0. The lowest BCUT2D eigenvalue weighted by atomic mass is 9.75. The van der Waals surface area contributed by atoms with Crippen molar-refractivity contribution in [2.75, 3.05) is 0 Å². The van der Waals surface area contributed by atoms with Crippen LogP contribution in [0.15, 0.2) is 0 Å². The van der Waals surface area contributed by atoms with Crippen LogP contribution in [0.4, 0.5) is 0 Å². The zero-order valence-electron chi connectivity index (χ0n) is 7.19. The molecule has 2 saturated carbocycles. The van der Waals surface area contributed by atoms with Crippen molar-refractivity contribution in [1.82, 2.24) is 5.48 Å². The Kier molecular flexibility index (Phi) is 1.52. The van der Waals surface area contributed by atoms with Gasteiger partial charge in [-0.2, -0.15) is 5.48 Å². The van der Waals surface area contributed by atoms with Gasteiger partial charge in [-0.15, -0.1) is 0 Å². The number of hydrogen-bond acceptors (Lipinski definition) is 2. The minimum absolute atomic E-state index is 0.104. The molecule has 0 aliphatic heterocycles. The molecular weight excluding hydrogens is 138 g/mol. The average molecular weight is 155 g/mol. The van der Waals surface area contributed by atoms with E-state index in [4.69, 9.17) is 5.21 Å². The predicted octanol–water partition coefficient (Wildman–Crippen LogP) is 2.08. The molecule has 11 heavy (non-hydrogen) atoms. The largest absolute Gasteiger partial charge is 0.316 e. The van der Waals surface area contributed by atoms with Crippen LogP contribution in [0.1, 0.15) is 45.4 Å². The summed E-state index contributed by atoms with van der Waals surface area (Å²) in [5.74, 6) is 0. The summed E-state index contributed by atoms with van der Waals surface area (Å²) in [6.45, 7) is 2.35. The van der Waals surface area contributed by atoms with Gasteiger partial charge in [0.2, 0.25) is 0 Å². The van der Waals surface area contributed by atoms with Gasteiger partial charge < -0.3 is 5.21 Å². The lowest BCUT2D eigenvalue weighted by molar-refractivity contribution is 0.0349. The van der Waals surface area contributed by atoms with Gasteiger partial charge in [0, 0.05) is 5.54 Å². The van der Waals surface area contributed by atoms with Crippen molar-refractivity contribution in [3.05, 3.63) is 0 Å². The summed E-state index contributed by atoms with van der Waals surface area (Å²) in [6, 6.07) is 0. The smallest absolute Gasteiger partial charge is 0.0435 e. The molecule has 2 bridgehead atoms. The number of hydrogen-bond donors (Lipinski definition) is 2. The van der Waals surface area contributed by atoms with Crippen molar-refractivity contribution >= 4 is 0 Å². The van der Waals surface area contributed by atoms with Gasteiger partial charge in [-0.3, -0.25) is 0 Å². The van der Waals surface area contributed by atoms with Crippen LogP contribution in [0.2, 0.25) is 0 Å². The molecule has 0 aromatic rings. The van der Waals surface area contributed by atoms with Gasteiger partial charge in [-0.05, 0) is 37.5 Å². The highest BCUT2D eigenvalue weighted by molar-refractivity contribution is 5.03. The maximum absolute atomic E-state index is 9.03. The number of hydroxylamine groups is 1. The van der Waals surface area contributed by atoms with Gasteiger partial charge >= 0.3 is 0 Å². The summed E-state index contributed by atoms with van der Waals surface area (Å²) in [4.78, 5) is 0. The monoisotopic (exact) mass is 155 g/mol. The first-order chi connectivity index (χ1) is 5.18. The Hall–Kier alpha value is -0.0800. The number of nitrogens with one attached hydrogen (secondary N) is 1. The minimum atomic E-state index is 0.104. The van der Waals surface area contributed by atoms with Crippen LogP contribution in [0, 0.1) is 5.41 Å². The predicted molar refractivity (Wildman–Crippen MR) is 43.5 cm³/mol. The van der Waals surface area contributed by atoms with Crippen molar-refractivity contribution < 1.29 is 5.21 Å². The summed E-state index contributed by atoms with van der Waals surface area (Å²) in [5, 5.41) is 9.03. The maximum atomic E-state index is 9.03. The van der Waals surface area contributed by atoms with Gasteiger partial charge in [0.15, 0.2) is 0 Å². The van der Waals surface area contributed by atoms with E-state index >= 15 is 0 Å². The first-order valence-corrected chi connectivity index (χ1v) is 4.59. The third kappa shape index (κ3) is 1.09. The van der Waals surface area contributed by atoms with Gasteiger partial charge in [0.25, 0.3) is 0 Å². The highest BCUT2D eigenvalue weighted by Gasteiger charge is 2.48. The van der Waals surface area contributed by atoms with E-state index in [0.29, 0.717) is 5.41 Å². The molecule has 2 N–H and O–H groups in total.